The van der Waals surface area contributed by atoms with E-state index in [0.717, 1.165) is 49.7 Å². The van der Waals surface area contributed by atoms with Crippen LogP contribution in [0.2, 0.25) is 0 Å². The minimum Gasteiger partial charge on any atom is -0.493 e. The molecule has 11 heteroatoms. The molecule has 0 unspecified atom stereocenters. The average Bonchev–Trinajstić information content (AvgIpc) is 2.95. The minimum absolute atomic E-state index is 0.00245. The summed E-state index contributed by atoms with van der Waals surface area (Å²) in [5, 5.41) is 18.0. The molecule has 208 valence electrons. The van der Waals surface area contributed by atoms with Gasteiger partial charge in [-0.05, 0) is 53.8 Å². The molecule has 0 aromatic heterocycles. The number of nitrogen functional groups attached to an aromatic ring is 2. The Morgan fingerprint density at radius 1 is 0.923 bits per heavy atom. The number of ether oxygens (including phenoxy) is 4. The van der Waals surface area contributed by atoms with Gasteiger partial charge >= 0.3 is 0 Å². The highest BCUT2D eigenvalue weighted by Crippen LogP contribution is 2.34. The highest BCUT2D eigenvalue weighted by molar-refractivity contribution is 5.99. The van der Waals surface area contributed by atoms with Crippen LogP contribution in [0.15, 0.2) is 48.5 Å². The van der Waals surface area contributed by atoms with E-state index in [2.05, 4.69) is 29.2 Å². The number of hydrogen-bond acceptors (Lipinski definition) is 9. The van der Waals surface area contributed by atoms with Crippen molar-refractivity contribution in [2.45, 2.75) is 19.4 Å². The number of methoxy groups -OCH3 is 4. The van der Waals surface area contributed by atoms with Crippen LogP contribution in [-0.2, 0) is 19.4 Å². The van der Waals surface area contributed by atoms with Gasteiger partial charge in [0.2, 0.25) is 0 Å². The van der Waals surface area contributed by atoms with Crippen molar-refractivity contribution in [2.75, 3.05) is 47.3 Å². The largest absolute Gasteiger partial charge is 0.493 e. The standard InChI is InChI=1S/C19H24N2O2.C9H11N3O4/c1-22-18-11-15-8-10-21(13-16(15)12-19(18)23-2)9-7-14-3-5-17(20)6-4-14;1-15-7-3-5(9(10)11)6(12(13)14)4-8(7)16-2/h3-6,11-12H,7-10,13,20H2,1-2H3;3-4H,1-2H3,(H3,10,11). The van der Waals surface area contributed by atoms with Crippen LogP contribution in [0, 0.1) is 15.5 Å². The second kappa shape index (κ2) is 13.3. The average molecular weight is 538 g/mol. The Labute approximate surface area is 227 Å². The molecular weight excluding hydrogens is 502 g/mol. The van der Waals surface area contributed by atoms with Crippen molar-refractivity contribution in [2.24, 2.45) is 5.73 Å². The number of nitrogens with one attached hydrogen (secondary N) is 1. The van der Waals surface area contributed by atoms with Crippen molar-refractivity contribution in [1.29, 1.82) is 5.41 Å². The Hall–Kier alpha value is -4.51. The van der Waals surface area contributed by atoms with E-state index in [-0.39, 0.29) is 17.0 Å². The molecule has 0 amide bonds. The summed E-state index contributed by atoms with van der Waals surface area (Å²) in [6.07, 6.45) is 2.10. The minimum atomic E-state index is -0.626. The fourth-order valence-corrected chi connectivity index (χ4v) is 4.34. The summed E-state index contributed by atoms with van der Waals surface area (Å²) in [7, 11) is 6.14. The van der Waals surface area contributed by atoms with Gasteiger partial charge in [-0.3, -0.25) is 20.4 Å². The van der Waals surface area contributed by atoms with Gasteiger partial charge in [0.1, 0.15) is 5.84 Å². The van der Waals surface area contributed by atoms with E-state index >= 15 is 0 Å². The first kappa shape index (κ1) is 29.1. The molecule has 1 aliphatic rings. The number of fused-ring (bicyclic) bond motifs is 1. The van der Waals surface area contributed by atoms with Gasteiger partial charge < -0.3 is 30.4 Å². The van der Waals surface area contributed by atoms with Crippen molar-refractivity contribution >= 4 is 17.2 Å². The number of hydrogen-bond donors (Lipinski definition) is 3. The number of nitro groups is 1. The molecule has 0 radical (unpaired) electrons. The molecule has 0 saturated carbocycles. The van der Waals surface area contributed by atoms with Gasteiger partial charge in [0.15, 0.2) is 23.0 Å². The lowest BCUT2D eigenvalue weighted by molar-refractivity contribution is -0.385. The first-order chi connectivity index (χ1) is 18.7. The maximum Gasteiger partial charge on any atom is 0.284 e. The Balaban J connectivity index is 0.000000231. The lowest BCUT2D eigenvalue weighted by Gasteiger charge is -2.29. The molecule has 39 heavy (non-hydrogen) atoms. The van der Waals surface area contributed by atoms with Crippen LogP contribution < -0.4 is 30.4 Å². The highest BCUT2D eigenvalue weighted by atomic mass is 16.6. The zero-order valence-electron chi connectivity index (χ0n) is 22.7. The Morgan fingerprint density at radius 2 is 1.46 bits per heavy atom. The summed E-state index contributed by atoms with van der Waals surface area (Å²) in [6.45, 7) is 3.10. The van der Waals surface area contributed by atoms with E-state index < -0.39 is 10.8 Å². The lowest BCUT2D eigenvalue weighted by Crippen LogP contribution is -2.32. The summed E-state index contributed by atoms with van der Waals surface area (Å²) in [6, 6.07) is 14.9. The van der Waals surface area contributed by atoms with E-state index in [1.165, 1.54) is 43.0 Å². The summed E-state index contributed by atoms with van der Waals surface area (Å²) in [4.78, 5) is 12.6. The molecule has 0 fully saturated rings. The van der Waals surface area contributed by atoms with Crippen molar-refractivity contribution < 1.29 is 23.9 Å². The molecule has 0 spiro atoms. The molecule has 5 N–H and O–H groups in total. The predicted octanol–water partition coefficient (Wildman–Crippen LogP) is 3.78. The highest BCUT2D eigenvalue weighted by Gasteiger charge is 2.21. The fourth-order valence-electron chi connectivity index (χ4n) is 4.34. The number of rotatable bonds is 9. The van der Waals surface area contributed by atoms with Crippen molar-refractivity contribution in [3.8, 4) is 23.0 Å². The smallest absolute Gasteiger partial charge is 0.284 e. The Bertz CT molecular complexity index is 1270. The molecule has 0 aliphatic carbocycles. The van der Waals surface area contributed by atoms with E-state index in [1.54, 1.807) is 14.2 Å². The van der Waals surface area contributed by atoms with Crippen LogP contribution in [0.25, 0.3) is 0 Å². The van der Waals surface area contributed by atoms with Crippen molar-refractivity contribution in [1.82, 2.24) is 4.90 Å². The van der Waals surface area contributed by atoms with Gasteiger partial charge in [-0.15, -0.1) is 0 Å². The third-order valence-corrected chi connectivity index (χ3v) is 6.48. The number of amidine groups is 1. The van der Waals surface area contributed by atoms with Gasteiger partial charge in [0.25, 0.3) is 5.69 Å². The predicted molar refractivity (Wildman–Crippen MR) is 150 cm³/mol. The number of nitrogens with zero attached hydrogens (tertiary/aromatic N) is 2. The quantitative estimate of drug-likeness (QED) is 0.121. The molecule has 11 nitrogen and oxygen atoms in total. The summed E-state index contributed by atoms with van der Waals surface area (Å²) in [5.74, 6) is 1.75. The summed E-state index contributed by atoms with van der Waals surface area (Å²) in [5.41, 5.74) is 15.6. The molecule has 3 aromatic carbocycles. The number of benzene rings is 3. The van der Waals surface area contributed by atoms with Gasteiger partial charge in [-0.25, -0.2) is 0 Å². The van der Waals surface area contributed by atoms with E-state index in [0.29, 0.717) is 5.75 Å². The zero-order chi connectivity index (χ0) is 28.5. The van der Waals surface area contributed by atoms with Gasteiger partial charge in [0, 0.05) is 31.4 Å². The normalized spacial score (nSPS) is 12.4. The van der Waals surface area contributed by atoms with E-state index in [1.807, 2.05) is 12.1 Å². The van der Waals surface area contributed by atoms with Crippen LogP contribution in [0.4, 0.5) is 11.4 Å². The Morgan fingerprint density at radius 3 is 2.00 bits per heavy atom. The molecule has 0 saturated heterocycles. The summed E-state index contributed by atoms with van der Waals surface area (Å²) >= 11 is 0. The molecular formula is C28H35N5O6. The molecule has 1 heterocycles. The second-order valence-electron chi connectivity index (χ2n) is 8.89. The van der Waals surface area contributed by atoms with Crippen LogP contribution >= 0.6 is 0 Å². The first-order valence-electron chi connectivity index (χ1n) is 12.3. The van der Waals surface area contributed by atoms with Crippen LogP contribution in [0.1, 0.15) is 22.3 Å². The molecule has 1 aliphatic heterocycles. The monoisotopic (exact) mass is 537 g/mol. The molecule has 0 bridgehead atoms. The zero-order valence-corrected chi connectivity index (χ0v) is 22.7. The SMILES string of the molecule is COc1cc(C(=N)N)c([N+](=O)[O-])cc1OC.COc1cc2c(cc1OC)CN(CCc1ccc(N)cc1)CC2. The topological polar surface area (TPSA) is 159 Å². The van der Waals surface area contributed by atoms with Crippen LogP contribution in [0.5, 0.6) is 23.0 Å². The first-order valence-corrected chi connectivity index (χ1v) is 12.3. The third kappa shape index (κ3) is 7.29. The van der Waals surface area contributed by atoms with Gasteiger partial charge in [0.05, 0.1) is 45.0 Å². The van der Waals surface area contributed by atoms with E-state index in [4.69, 9.17) is 35.8 Å². The fraction of sp³-hybridized carbons (Fsp3) is 0.321. The van der Waals surface area contributed by atoms with E-state index in [9.17, 15) is 10.1 Å². The molecule has 4 rings (SSSR count). The molecule has 0 atom stereocenters. The Kier molecular flexibility index (Phi) is 9.93. The summed E-state index contributed by atoms with van der Waals surface area (Å²) < 4.78 is 20.7. The van der Waals surface area contributed by atoms with Crippen LogP contribution in [-0.4, -0.2) is 57.2 Å². The maximum absolute atomic E-state index is 10.8. The van der Waals surface area contributed by atoms with Gasteiger partial charge in [-0.1, -0.05) is 12.1 Å². The third-order valence-electron chi connectivity index (χ3n) is 6.48. The lowest BCUT2D eigenvalue weighted by atomic mass is 9.98. The van der Waals surface area contributed by atoms with Gasteiger partial charge in [-0.2, -0.15) is 0 Å². The maximum atomic E-state index is 10.8. The molecule has 3 aromatic rings. The van der Waals surface area contributed by atoms with Crippen molar-refractivity contribution in [3.05, 3.63) is 80.9 Å². The number of nitrogens with two attached hydrogens (primary N) is 2. The van der Waals surface area contributed by atoms with Crippen LogP contribution in [0.3, 0.4) is 0 Å². The number of anilines is 1. The number of nitro benzene ring substituents is 1. The second-order valence-corrected chi connectivity index (χ2v) is 8.89. The van der Waals surface area contributed by atoms with Crippen molar-refractivity contribution in [3.63, 3.8) is 0 Å².